The van der Waals surface area contributed by atoms with Crippen molar-refractivity contribution in [3.8, 4) is 0 Å². The second-order valence-electron chi connectivity index (χ2n) is 7.73. The number of hydrogen-bond donors (Lipinski definition) is 1. The summed E-state index contributed by atoms with van der Waals surface area (Å²) in [6.45, 7) is 8.14. The number of benzene rings is 1. The lowest BCUT2D eigenvalue weighted by Crippen LogP contribution is -2.44. The van der Waals surface area contributed by atoms with E-state index in [-0.39, 0.29) is 5.91 Å². The molecule has 1 N–H and O–H groups in total. The molecule has 2 heterocycles. The Morgan fingerprint density at radius 2 is 1.89 bits per heavy atom. The van der Waals surface area contributed by atoms with Gasteiger partial charge in [-0.1, -0.05) is 0 Å². The molecule has 0 bridgehead atoms. The molecule has 6 heteroatoms. The lowest BCUT2D eigenvalue weighted by molar-refractivity contribution is 0.102. The Kier molecular flexibility index (Phi) is 4.83. The minimum atomic E-state index is -0.118. The van der Waals surface area contributed by atoms with Gasteiger partial charge < -0.3 is 15.1 Å². The number of rotatable bonds is 4. The maximum absolute atomic E-state index is 12.8. The minimum Gasteiger partial charge on any atom is -0.369 e. The molecule has 4 rings (SSSR count). The molecule has 142 valence electrons. The Balaban J connectivity index is 1.50. The molecule has 0 radical (unpaired) electrons. The summed E-state index contributed by atoms with van der Waals surface area (Å²) < 4.78 is 0. The van der Waals surface area contributed by atoms with Crippen LogP contribution < -0.4 is 10.2 Å². The van der Waals surface area contributed by atoms with Gasteiger partial charge >= 0.3 is 0 Å². The fourth-order valence-corrected chi connectivity index (χ4v) is 3.57. The first-order chi connectivity index (χ1) is 13.0. The van der Waals surface area contributed by atoms with Gasteiger partial charge in [-0.15, -0.1) is 0 Å². The van der Waals surface area contributed by atoms with Crippen molar-refractivity contribution in [1.82, 2.24) is 14.9 Å². The van der Waals surface area contributed by atoms with Gasteiger partial charge in [-0.05, 0) is 57.5 Å². The highest BCUT2D eigenvalue weighted by Gasteiger charge is 2.30. The number of amides is 1. The molecule has 6 nitrogen and oxygen atoms in total. The van der Waals surface area contributed by atoms with E-state index in [1.807, 2.05) is 19.9 Å². The van der Waals surface area contributed by atoms with Crippen molar-refractivity contribution in [2.75, 3.05) is 43.4 Å². The third kappa shape index (κ3) is 3.95. The number of likely N-dealkylation sites (N-methyl/N-ethyl adjacent to an activating group) is 1. The second-order valence-corrected chi connectivity index (χ2v) is 7.73. The molecule has 2 aliphatic rings. The highest BCUT2D eigenvalue weighted by atomic mass is 16.1. The van der Waals surface area contributed by atoms with E-state index in [1.165, 1.54) is 5.69 Å². The van der Waals surface area contributed by atoms with E-state index in [9.17, 15) is 4.79 Å². The molecule has 1 aromatic heterocycles. The Bertz CT molecular complexity index is 854. The summed E-state index contributed by atoms with van der Waals surface area (Å²) in [5.41, 5.74) is 4.63. The van der Waals surface area contributed by atoms with Gasteiger partial charge in [0.05, 0.1) is 11.3 Å². The number of nitrogens with one attached hydrogen (secondary N) is 1. The molecular weight excluding hydrogens is 338 g/mol. The molecule has 1 amide bonds. The van der Waals surface area contributed by atoms with Crippen molar-refractivity contribution in [2.45, 2.75) is 32.6 Å². The van der Waals surface area contributed by atoms with Crippen LogP contribution in [0.15, 0.2) is 24.4 Å². The number of aromatic nitrogens is 2. The molecule has 0 spiro atoms. The van der Waals surface area contributed by atoms with Crippen LogP contribution in [0.3, 0.4) is 0 Å². The molecule has 27 heavy (non-hydrogen) atoms. The SMILES string of the molecule is Cc1ncc(C(=O)Nc2ccc(N3CCN(C)CC3)cc2C)c(C2CC2)n1. The van der Waals surface area contributed by atoms with Gasteiger partial charge in [-0.25, -0.2) is 9.97 Å². The third-order valence-corrected chi connectivity index (χ3v) is 5.47. The maximum atomic E-state index is 12.8. The topological polar surface area (TPSA) is 61.4 Å². The Morgan fingerprint density at radius 1 is 1.15 bits per heavy atom. The van der Waals surface area contributed by atoms with Crippen molar-refractivity contribution in [2.24, 2.45) is 0 Å². The smallest absolute Gasteiger partial charge is 0.259 e. The molecule has 0 unspecified atom stereocenters. The fraction of sp³-hybridized carbons (Fsp3) is 0.476. The number of carbonyl (C=O) groups is 1. The van der Waals surface area contributed by atoms with Crippen molar-refractivity contribution in [3.63, 3.8) is 0 Å². The molecular formula is C21H27N5O. The Hall–Kier alpha value is -2.47. The summed E-state index contributed by atoms with van der Waals surface area (Å²) in [4.78, 5) is 26.3. The van der Waals surface area contributed by atoms with Crippen LogP contribution in [0, 0.1) is 13.8 Å². The highest BCUT2D eigenvalue weighted by Crippen LogP contribution is 2.40. The van der Waals surface area contributed by atoms with E-state index in [4.69, 9.17) is 0 Å². The van der Waals surface area contributed by atoms with Crippen LogP contribution in [0.5, 0.6) is 0 Å². The van der Waals surface area contributed by atoms with Crippen molar-refractivity contribution in [1.29, 1.82) is 0 Å². The van der Waals surface area contributed by atoms with Crippen molar-refractivity contribution >= 4 is 17.3 Å². The van der Waals surface area contributed by atoms with Gasteiger partial charge in [-0.2, -0.15) is 0 Å². The third-order valence-electron chi connectivity index (χ3n) is 5.47. The first-order valence-corrected chi connectivity index (χ1v) is 9.70. The number of piperazine rings is 1. The van der Waals surface area contributed by atoms with Crippen molar-refractivity contribution in [3.05, 3.63) is 47.0 Å². The molecule has 1 saturated heterocycles. The summed E-state index contributed by atoms with van der Waals surface area (Å²) in [5.74, 6) is 1.02. The van der Waals surface area contributed by atoms with Gasteiger partial charge in [0.25, 0.3) is 5.91 Å². The molecule has 1 aliphatic heterocycles. The van der Waals surface area contributed by atoms with E-state index in [0.29, 0.717) is 11.5 Å². The van der Waals surface area contributed by atoms with Gasteiger partial charge in [0.1, 0.15) is 5.82 Å². The number of nitrogens with zero attached hydrogens (tertiary/aromatic N) is 4. The summed E-state index contributed by atoms with van der Waals surface area (Å²) >= 11 is 0. The lowest BCUT2D eigenvalue weighted by Gasteiger charge is -2.34. The zero-order chi connectivity index (χ0) is 19.0. The quantitative estimate of drug-likeness (QED) is 0.903. The van der Waals surface area contributed by atoms with Gasteiger partial charge in [-0.3, -0.25) is 4.79 Å². The van der Waals surface area contributed by atoms with E-state index in [1.54, 1.807) is 6.20 Å². The van der Waals surface area contributed by atoms with Crippen LogP contribution >= 0.6 is 0 Å². The predicted molar refractivity (Wildman–Crippen MR) is 108 cm³/mol. The second kappa shape index (κ2) is 7.27. The van der Waals surface area contributed by atoms with Crippen LogP contribution in [-0.2, 0) is 0 Å². The van der Waals surface area contributed by atoms with Crippen LogP contribution in [0.2, 0.25) is 0 Å². The first-order valence-electron chi connectivity index (χ1n) is 9.70. The molecule has 1 aromatic carbocycles. The molecule has 0 atom stereocenters. The van der Waals surface area contributed by atoms with Gasteiger partial charge in [0, 0.05) is 49.7 Å². The maximum Gasteiger partial charge on any atom is 0.259 e. The van der Waals surface area contributed by atoms with E-state index >= 15 is 0 Å². The van der Waals surface area contributed by atoms with E-state index in [0.717, 1.165) is 61.8 Å². The summed E-state index contributed by atoms with van der Waals surface area (Å²) in [5, 5.41) is 3.06. The van der Waals surface area contributed by atoms with Crippen LogP contribution in [0.1, 0.15) is 46.2 Å². The summed E-state index contributed by atoms with van der Waals surface area (Å²) in [6, 6.07) is 6.27. The van der Waals surface area contributed by atoms with Crippen LogP contribution in [0.4, 0.5) is 11.4 Å². The Labute approximate surface area is 160 Å². The molecule has 1 saturated carbocycles. The zero-order valence-corrected chi connectivity index (χ0v) is 16.3. The zero-order valence-electron chi connectivity index (χ0n) is 16.3. The van der Waals surface area contributed by atoms with Crippen LogP contribution in [-0.4, -0.2) is 54.0 Å². The number of hydrogen-bond acceptors (Lipinski definition) is 5. The molecule has 2 aromatic rings. The van der Waals surface area contributed by atoms with Gasteiger partial charge in [0.2, 0.25) is 0 Å². The number of carbonyl (C=O) groups excluding carboxylic acids is 1. The van der Waals surface area contributed by atoms with Crippen molar-refractivity contribution < 1.29 is 4.79 Å². The molecule has 1 aliphatic carbocycles. The van der Waals surface area contributed by atoms with E-state index < -0.39 is 0 Å². The standard InChI is InChI=1S/C21H27N5O/c1-14-12-17(26-10-8-25(3)9-11-26)6-7-19(14)24-21(27)18-13-22-15(2)23-20(18)16-4-5-16/h6-7,12-13,16H,4-5,8-11H2,1-3H3,(H,24,27). The number of aryl methyl sites for hydroxylation is 2. The number of anilines is 2. The van der Waals surface area contributed by atoms with Crippen LogP contribution in [0.25, 0.3) is 0 Å². The highest BCUT2D eigenvalue weighted by molar-refractivity contribution is 6.05. The predicted octanol–water partition coefficient (Wildman–Crippen LogP) is 2.97. The Morgan fingerprint density at radius 3 is 2.56 bits per heavy atom. The average Bonchev–Trinajstić information content (AvgIpc) is 3.49. The van der Waals surface area contributed by atoms with E-state index in [2.05, 4.69) is 44.3 Å². The largest absolute Gasteiger partial charge is 0.369 e. The lowest BCUT2D eigenvalue weighted by atomic mass is 10.1. The molecule has 2 fully saturated rings. The summed E-state index contributed by atoms with van der Waals surface area (Å²) in [7, 11) is 2.16. The monoisotopic (exact) mass is 365 g/mol. The minimum absolute atomic E-state index is 0.118. The van der Waals surface area contributed by atoms with Gasteiger partial charge in [0.15, 0.2) is 0 Å². The summed E-state index contributed by atoms with van der Waals surface area (Å²) in [6.07, 6.45) is 3.88. The average molecular weight is 365 g/mol. The normalized spacial score (nSPS) is 17.8. The fourth-order valence-electron chi connectivity index (χ4n) is 3.57. The first kappa shape index (κ1) is 17.9.